The molecule has 2 aromatic heterocycles. The van der Waals surface area contributed by atoms with Crippen molar-refractivity contribution in [2.75, 3.05) is 18.1 Å². The molecule has 0 radical (unpaired) electrons. The highest BCUT2D eigenvalue weighted by Gasteiger charge is 2.46. The van der Waals surface area contributed by atoms with Gasteiger partial charge in [0.25, 0.3) is 5.91 Å². The number of ketones is 2. The maximum Gasteiger partial charge on any atom is 0.296 e. The van der Waals surface area contributed by atoms with Gasteiger partial charge in [-0.05, 0) is 55.3 Å². The van der Waals surface area contributed by atoms with Crippen LogP contribution in [0.15, 0.2) is 47.0 Å². The molecule has 1 aliphatic heterocycles. The number of thiazole rings is 1. The molecule has 200 valence electrons. The molecule has 1 atom stereocenters. The molecule has 0 aliphatic carbocycles. The number of hydrogen-bond acceptors (Lipinski definition) is 9. The Morgan fingerprint density at radius 2 is 1.95 bits per heavy atom. The summed E-state index contributed by atoms with van der Waals surface area (Å²) >= 11 is 2.28. The first-order chi connectivity index (χ1) is 18.1. The number of aliphatic hydroxyl groups excluding tert-OH is 1. The Kier molecular flexibility index (Phi) is 8.32. The number of nitrogens with zero attached hydrogens (tertiary/aromatic N) is 2. The van der Waals surface area contributed by atoms with E-state index in [0.717, 1.165) is 17.8 Å². The number of benzene rings is 1. The van der Waals surface area contributed by atoms with Crippen LogP contribution in [0.4, 0.5) is 5.13 Å². The number of carbonyl (C=O) groups excluding carboxylic acids is 3. The van der Waals surface area contributed by atoms with Crippen LogP contribution in [0.5, 0.6) is 11.5 Å². The Labute approximate surface area is 229 Å². The van der Waals surface area contributed by atoms with Gasteiger partial charge in [-0.2, -0.15) is 0 Å². The number of anilines is 1. The predicted molar refractivity (Wildman–Crippen MR) is 148 cm³/mol. The van der Waals surface area contributed by atoms with Gasteiger partial charge in [0.2, 0.25) is 5.78 Å². The number of thiophene rings is 1. The second kappa shape index (κ2) is 11.5. The molecule has 38 heavy (non-hydrogen) atoms. The van der Waals surface area contributed by atoms with Gasteiger partial charge in [-0.3, -0.25) is 19.3 Å². The summed E-state index contributed by atoms with van der Waals surface area (Å²) < 4.78 is 11.8. The van der Waals surface area contributed by atoms with Crippen LogP contribution in [0, 0.1) is 12.8 Å². The number of rotatable bonds is 11. The van der Waals surface area contributed by atoms with E-state index in [-0.39, 0.29) is 16.5 Å². The van der Waals surface area contributed by atoms with Gasteiger partial charge in [0, 0.05) is 6.92 Å². The molecular formula is C28H30N2O6S2. The van der Waals surface area contributed by atoms with E-state index in [9.17, 15) is 19.5 Å². The first kappa shape index (κ1) is 27.5. The summed E-state index contributed by atoms with van der Waals surface area (Å²) in [6.07, 6.45) is 0.871. The summed E-state index contributed by atoms with van der Waals surface area (Å²) in [5.41, 5.74) is 0.968. The highest BCUT2D eigenvalue weighted by Crippen LogP contribution is 2.45. The molecule has 1 aromatic carbocycles. The molecule has 1 amide bonds. The second-order valence-electron chi connectivity index (χ2n) is 9.28. The zero-order valence-electron chi connectivity index (χ0n) is 21.9. The van der Waals surface area contributed by atoms with Crippen LogP contribution in [0.3, 0.4) is 0 Å². The summed E-state index contributed by atoms with van der Waals surface area (Å²) in [6.45, 7) is 10.1. The number of aliphatic hydroxyl groups is 1. The Bertz CT molecular complexity index is 1390. The molecule has 4 rings (SSSR count). The van der Waals surface area contributed by atoms with Gasteiger partial charge in [0.05, 0.1) is 40.3 Å². The molecule has 0 spiro atoms. The maximum atomic E-state index is 13.6. The number of carbonyl (C=O) groups is 3. The minimum absolute atomic E-state index is 0.0504. The van der Waals surface area contributed by atoms with Crippen molar-refractivity contribution in [3.05, 3.63) is 68.1 Å². The van der Waals surface area contributed by atoms with E-state index in [1.165, 1.54) is 23.2 Å². The number of hydrogen-bond donors (Lipinski definition) is 1. The third-order valence-corrected chi connectivity index (χ3v) is 8.17. The predicted octanol–water partition coefficient (Wildman–Crippen LogP) is 6.32. The topological polar surface area (TPSA) is 106 Å². The highest BCUT2D eigenvalue weighted by molar-refractivity contribution is 7.17. The third-order valence-electron chi connectivity index (χ3n) is 6.04. The van der Waals surface area contributed by atoms with Gasteiger partial charge in [-0.25, -0.2) is 4.98 Å². The van der Waals surface area contributed by atoms with E-state index >= 15 is 0 Å². The normalized spacial score (nSPS) is 15.5. The summed E-state index contributed by atoms with van der Waals surface area (Å²) in [6, 6.07) is 7.64. The summed E-state index contributed by atoms with van der Waals surface area (Å²) in [5, 5.41) is 13.0. The van der Waals surface area contributed by atoms with Crippen molar-refractivity contribution in [3.8, 4) is 11.5 Å². The number of aryl methyl sites for hydroxylation is 1. The van der Waals surface area contributed by atoms with Crippen molar-refractivity contribution in [2.24, 2.45) is 5.92 Å². The lowest BCUT2D eigenvalue weighted by Gasteiger charge is -2.25. The van der Waals surface area contributed by atoms with Crippen LogP contribution in [0.25, 0.3) is 0 Å². The Morgan fingerprint density at radius 1 is 1.18 bits per heavy atom. The number of aromatic nitrogens is 1. The minimum atomic E-state index is -0.980. The number of ether oxygens (including phenoxy) is 2. The Balaban J connectivity index is 1.83. The number of Topliss-reactive ketones (excluding diaryl/α,β-unsaturated/α-hetero) is 2. The van der Waals surface area contributed by atoms with Crippen LogP contribution in [-0.4, -0.2) is 40.8 Å². The third kappa shape index (κ3) is 5.37. The smallest absolute Gasteiger partial charge is 0.296 e. The average Bonchev–Trinajstić information content (AvgIpc) is 3.59. The molecule has 1 aliphatic rings. The van der Waals surface area contributed by atoms with E-state index < -0.39 is 23.5 Å². The SMILES string of the molecule is CCOc1cc(C2C(C(=O)c3cccs3)=C(O)C(=O)N2c2nc(C)c(C(C)=O)s2)ccc1OCCC(C)C. The molecule has 0 fully saturated rings. The molecule has 1 N–H and O–H groups in total. The van der Waals surface area contributed by atoms with E-state index in [1.807, 2.05) is 6.92 Å². The summed E-state index contributed by atoms with van der Waals surface area (Å²) in [7, 11) is 0. The molecular weight excluding hydrogens is 524 g/mol. The van der Waals surface area contributed by atoms with Gasteiger partial charge < -0.3 is 14.6 Å². The van der Waals surface area contributed by atoms with E-state index in [1.54, 1.807) is 42.6 Å². The molecule has 8 nitrogen and oxygen atoms in total. The quantitative estimate of drug-likeness (QED) is 0.276. The van der Waals surface area contributed by atoms with Crippen LogP contribution in [-0.2, 0) is 4.79 Å². The molecule has 0 bridgehead atoms. The molecule has 3 heterocycles. The van der Waals surface area contributed by atoms with Crippen molar-refractivity contribution >= 4 is 45.3 Å². The second-order valence-corrected chi connectivity index (χ2v) is 11.2. The monoisotopic (exact) mass is 554 g/mol. The molecule has 0 saturated carbocycles. The first-order valence-electron chi connectivity index (χ1n) is 12.4. The van der Waals surface area contributed by atoms with Gasteiger partial charge >= 0.3 is 0 Å². The van der Waals surface area contributed by atoms with Crippen molar-refractivity contribution in [1.82, 2.24) is 4.98 Å². The number of amides is 1. The largest absolute Gasteiger partial charge is 0.503 e. The molecule has 0 saturated heterocycles. The summed E-state index contributed by atoms with van der Waals surface area (Å²) in [5.74, 6) is -0.527. The van der Waals surface area contributed by atoms with Crippen LogP contribution < -0.4 is 14.4 Å². The van der Waals surface area contributed by atoms with Gasteiger partial charge in [-0.15, -0.1) is 11.3 Å². The molecule has 3 aromatic rings. The Hall–Kier alpha value is -3.50. The van der Waals surface area contributed by atoms with Crippen molar-refractivity contribution in [3.63, 3.8) is 0 Å². The lowest BCUT2D eigenvalue weighted by Crippen LogP contribution is -2.31. The fourth-order valence-corrected chi connectivity index (χ4v) is 5.86. The lowest BCUT2D eigenvalue weighted by atomic mass is 9.95. The van der Waals surface area contributed by atoms with Crippen molar-refractivity contribution < 1.29 is 29.0 Å². The fourth-order valence-electron chi connectivity index (χ4n) is 4.19. The van der Waals surface area contributed by atoms with Crippen LogP contribution >= 0.6 is 22.7 Å². The van der Waals surface area contributed by atoms with E-state index in [0.29, 0.717) is 51.6 Å². The maximum absolute atomic E-state index is 13.6. The minimum Gasteiger partial charge on any atom is -0.503 e. The van der Waals surface area contributed by atoms with E-state index in [2.05, 4.69) is 18.8 Å². The van der Waals surface area contributed by atoms with Crippen molar-refractivity contribution in [1.29, 1.82) is 0 Å². The Morgan fingerprint density at radius 3 is 2.55 bits per heavy atom. The first-order valence-corrected chi connectivity index (χ1v) is 14.1. The zero-order chi connectivity index (χ0) is 27.6. The summed E-state index contributed by atoms with van der Waals surface area (Å²) in [4.78, 5) is 45.7. The fraction of sp³-hybridized carbons (Fsp3) is 0.357. The zero-order valence-corrected chi connectivity index (χ0v) is 23.6. The van der Waals surface area contributed by atoms with Gasteiger partial charge in [0.1, 0.15) is 0 Å². The van der Waals surface area contributed by atoms with Crippen LogP contribution in [0.2, 0.25) is 0 Å². The standard InChI is InChI=1S/C28H30N2O6S2/c1-6-35-20-14-18(9-10-19(20)36-12-11-15(2)3)23-22(24(32)21-8-7-13-37-21)25(33)27(34)30(23)28-29-16(4)26(38-28)17(5)31/h7-10,13-15,23,33H,6,11-12H2,1-5H3. The van der Waals surface area contributed by atoms with E-state index in [4.69, 9.17) is 9.47 Å². The lowest BCUT2D eigenvalue weighted by molar-refractivity contribution is -0.117. The van der Waals surface area contributed by atoms with Crippen molar-refractivity contribution in [2.45, 2.75) is 47.1 Å². The highest BCUT2D eigenvalue weighted by atomic mass is 32.1. The van der Waals surface area contributed by atoms with Gasteiger partial charge in [-0.1, -0.05) is 37.3 Å². The van der Waals surface area contributed by atoms with Crippen LogP contribution in [0.1, 0.15) is 70.8 Å². The molecule has 1 unspecified atom stereocenters. The van der Waals surface area contributed by atoms with Gasteiger partial charge in [0.15, 0.2) is 28.2 Å². The molecule has 10 heteroatoms. The average molecular weight is 555 g/mol.